The number of methoxy groups -OCH3 is 1. The molecule has 45 heavy (non-hydrogen) atoms. The molecule has 2 atom stereocenters. The van der Waals surface area contributed by atoms with Crippen LogP contribution < -0.4 is 20.1 Å². The van der Waals surface area contributed by atoms with Crippen LogP contribution in [0.3, 0.4) is 0 Å². The molecule has 0 spiro atoms. The largest absolute Gasteiger partial charge is 0.495 e. The Hall–Kier alpha value is -3.56. The van der Waals surface area contributed by atoms with Gasteiger partial charge in [-0.15, -0.1) is 0 Å². The first-order chi connectivity index (χ1) is 21.4. The molecule has 1 aliphatic heterocycles. The summed E-state index contributed by atoms with van der Waals surface area (Å²) in [6, 6.07) is 9.38. The molecular formula is C30H37ClFN7O5S. The maximum Gasteiger partial charge on any atom is 0.254 e. The molecule has 15 heteroatoms. The van der Waals surface area contributed by atoms with Crippen molar-refractivity contribution in [3.8, 4) is 11.6 Å². The average Bonchev–Trinajstić information content (AvgIpc) is 3.36. The zero-order chi connectivity index (χ0) is 32.3. The highest BCUT2D eigenvalue weighted by Crippen LogP contribution is 2.40. The van der Waals surface area contributed by atoms with Crippen LogP contribution in [0, 0.1) is 5.82 Å². The number of benzene rings is 2. The number of nitrogens with zero attached hydrogens (tertiary/aromatic N) is 5. The molecule has 1 aromatic heterocycles. The van der Waals surface area contributed by atoms with Gasteiger partial charge in [-0.05, 0) is 24.2 Å². The first-order valence-corrected chi connectivity index (χ1v) is 16.7. The second-order valence-electron chi connectivity index (χ2n) is 11.2. The molecule has 0 unspecified atom stereocenters. The number of hydrogen-bond acceptors (Lipinski definition) is 10. The fourth-order valence-corrected chi connectivity index (χ4v) is 6.32. The quantitative estimate of drug-likeness (QED) is 0.317. The minimum Gasteiger partial charge on any atom is -0.495 e. The fourth-order valence-electron chi connectivity index (χ4n) is 5.53. The summed E-state index contributed by atoms with van der Waals surface area (Å²) in [6.07, 6.45) is 2.28. The van der Waals surface area contributed by atoms with Crippen molar-refractivity contribution in [3.05, 3.63) is 70.1 Å². The molecule has 12 nitrogen and oxygen atoms in total. The van der Waals surface area contributed by atoms with E-state index in [0.29, 0.717) is 19.5 Å². The van der Waals surface area contributed by atoms with E-state index >= 15 is 4.39 Å². The zero-order valence-electron chi connectivity index (χ0n) is 25.6. The average molecular weight is 662 g/mol. The number of ether oxygens (including phenoxy) is 2. The third kappa shape index (κ3) is 7.64. The number of nitrogens with one attached hydrogen (secondary N) is 2. The fraction of sp³-hybridized carbons (Fsp3) is 0.433. The molecule has 5 rings (SSSR count). The van der Waals surface area contributed by atoms with Gasteiger partial charge in [0.2, 0.25) is 21.9 Å². The summed E-state index contributed by atoms with van der Waals surface area (Å²) in [4.78, 5) is 25.9. The number of carbonyl (C=O) groups excluding carboxylic acids is 1. The van der Waals surface area contributed by atoms with E-state index in [1.165, 1.54) is 30.7 Å². The normalized spacial score (nSPS) is 18.9. The van der Waals surface area contributed by atoms with Crippen molar-refractivity contribution in [1.29, 1.82) is 0 Å². The lowest BCUT2D eigenvalue weighted by Gasteiger charge is -2.32. The Balaban J connectivity index is 1.30. The number of amides is 1. The molecule has 0 saturated carbocycles. The molecule has 2 aromatic carbocycles. The van der Waals surface area contributed by atoms with Crippen LogP contribution in [0.5, 0.6) is 11.6 Å². The van der Waals surface area contributed by atoms with Crippen molar-refractivity contribution in [2.24, 2.45) is 0 Å². The van der Waals surface area contributed by atoms with Gasteiger partial charge in [0.1, 0.15) is 22.7 Å². The van der Waals surface area contributed by atoms with E-state index in [-0.39, 0.29) is 33.9 Å². The zero-order valence-corrected chi connectivity index (χ0v) is 27.2. The number of likely N-dealkylation sites (N-methyl/N-ethyl adjacent to an activating group) is 2. The van der Waals surface area contributed by atoms with Gasteiger partial charge >= 0.3 is 0 Å². The number of piperazine rings is 1. The summed E-state index contributed by atoms with van der Waals surface area (Å²) >= 11 is 6.40. The molecule has 0 radical (unpaired) electrons. The van der Waals surface area contributed by atoms with Crippen LogP contribution in [0.4, 0.5) is 16.0 Å². The number of rotatable bonds is 11. The Morgan fingerprint density at radius 1 is 1.20 bits per heavy atom. The monoisotopic (exact) mass is 661 g/mol. The van der Waals surface area contributed by atoms with Gasteiger partial charge < -0.3 is 25.0 Å². The Bertz CT molecular complexity index is 1660. The highest BCUT2D eigenvalue weighted by molar-refractivity contribution is 7.88. The van der Waals surface area contributed by atoms with Crippen LogP contribution in [-0.4, -0.2) is 111 Å². The van der Waals surface area contributed by atoms with E-state index in [1.54, 1.807) is 0 Å². The van der Waals surface area contributed by atoms with Gasteiger partial charge in [0.05, 0.1) is 36.9 Å². The second kappa shape index (κ2) is 13.8. The standard InChI is InChI=1S/C30H37ClFN7O5S/c1-37-11-13-39(14-12-37)10-9-33-28(40)21-16-25(43-3)24(17-23(21)32)35-30-34-18-22(31)29(36-30)44-26-15-19-7-5-6-8-20(19)27(26)38(2)45(4,41)42/h5-8,16-18,26-27H,9-15H2,1-4H3,(H,33,40)(H,34,35,36)/t26-,27-/m1/s1. The molecule has 1 saturated heterocycles. The SMILES string of the molecule is COc1cc(C(=O)NCCN2CCN(C)CC2)c(F)cc1Nc1ncc(Cl)c(O[C@@H]2Cc3ccccc3[C@H]2N(C)S(C)(=O)=O)n1. The number of aromatic nitrogens is 2. The van der Waals surface area contributed by atoms with Crippen LogP contribution in [0.15, 0.2) is 42.6 Å². The number of carbonyl (C=O) groups is 1. The number of hydrogen-bond donors (Lipinski definition) is 2. The summed E-state index contributed by atoms with van der Waals surface area (Å²) in [5.41, 5.74) is 1.82. The number of halogens is 2. The molecule has 1 aliphatic carbocycles. The number of fused-ring (bicyclic) bond motifs is 1. The van der Waals surface area contributed by atoms with Crippen molar-refractivity contribution >= 4 is 39.2 Å². The van der Waals surface area contributed by atoms with Crippen LogP contribution in [0.25, 0.3) is 0 Å². The van der Waals surface area contributed by atoms with Gasteiger partial charge in [-0.25, -0.2) is 17.8 Å². The molecular weight excluding hydrogens is 625 g/mol. The number of anilines is 2. The molecule has 3 aromatic rings. The molecule has 242 valence electrons. The third-order valence-corrected chi connectivity index (χ3v) is 9.66. The topological polar surface area (TPSA) is 129 Å². The molecule has 2 N–H and O–H groups in total. The van der Waals surface area contributed by atoms with Gasteiger partial charge in [0.25, 0.3) is 5.91 Å². The third-order valence-electron chi connectivity index (χ3n) is 8.13. The van der Waals surface area contributed by atoms with E-state index in [2.05, 4.69) is 37.4 Å². The second-order valence-corrected chi connectivity index (χ2v) is 13.6. The highest BCUT2D eigenvalue weighted by atomic mass is 35.5. The Morgan fingerprint density at radius 3 is 2.64 bits per heavy atom. The summed E-state index contributed by atoms with van der Waals surface area (Å²) in [6.45, 7) is 4.83. The van der Waals surface area contributed by atoms with Gasteiger partial charge in [-0.1, -0.05) is 35.9 Å². The van der Waals surface area contributed by atoms with Crippen LogP contribution in [0.2, 0.25) is 5.02 Å². The minimum absolute atomic E-state index is 0.0228. The van der Waals surface area contributed by atoms with Crippen LogP contribution in [-0.2, 0) is 16.4 Å². The lowest BCUT2D eigenvalue weighted by atomic mass is 10.1. The maximum atomic E-state index is 15.2. The first-order valence-electron chi connectivity index (χ1n) is 14.5. The maximum absolute atomic E-state index is 15.2. The Labute approximate surface area is 267 Å². The van der Waals surface area contributed by atoms with E-state index in [1.807, 2.05) is 24.3 Å². The van der Waals surface area contributed by atoms with Crippen molar-refractivity contribution in [1.82, 2.24) is 29.4 Å². The first kappa shape index (κ1) is 32.8. The van der Waals surface area contributed by atoms with Gasteiger partial charge in [-0.2, -0.15) is 9.29 Å². The lowest BCUT2D eigenvalue weighted by Crippen LogP contribution is -2.46. The lowest BCUT2D eigenvalue weighted by molar-refractivity contribution is 0.0936. The summed E-state index contributed by atoms with van der Waals surface area (Å²) < 4.78 is 53.1. The number of sulfonamides is 1. The smallest absolute Gasteiger partial charge is 0.254 e. The van der Waals surface area contributed by atoms with Crippen molar-refractivity contribution < 1.29 is 27.1 Å². The summed E-state index contributed by atoms with van der Waals surface area (Å²) in [7, 11) is 1.43. The van der Waals surface area contributed by atoms with Gasteiger partial charge in [0.15, 0.2) is 0 Å². The highest BCUT2D eigenvalue weighted by Gasteiger charge is 2.40. The van der Waals surface area contributed by atoms with Crippen molar-refractivity contribution in [2.45, 2.75) is 18.6 Å². The molecule has 0 bridgehead atoms. The minimum atomic E-state index is -3.55. The van der Waals surface area contributed by atoms with E-state index < -0.39 is 33.9 Å². The Kier molecular flexibility index (Phi) is 10.1. The predicted octanol–water partition coefficient (Wildman–Crippen LogP) is 2.93. The van der Waals surface area contributed by atoms with Crippen LogP contribution >= 0.6 is 11.6 Å². The van der Waals surface area contributed by atoms with Crippen molar-refractivity contribution in [2.75, 3.05) is 72.0 Å². The van der Waals surface area contributed by atoms with E-state index in [0.717, 1.165) is 49.6 Å². The van der Waals surface area contributed by atoms with Crippen molar-refractivity contribution in [3.63, 3.8) is 0 Å². The van der Waals surface area contributed by atoms with E-state index in [9.17, 15) is 13.2 Å². The van der Waals surface area contributed by atoms with Gasteiger partial charge in [0, 0.05) is 58.8 Å². The molecule has 1 fully saturated rings. The van der Waals surface area contributed by atoms with E-state index in [4.69, 9.17) is 21.1 Å². The summed E-state index contributed by atoms with van der Waals surface area (Å²) in [5.74, 6) is -1.05. The predicted molar refractivity (Wildman–Crippen MR) is 169 cm³/mol. The van der Waals surface area contributed by atoms with Gasteiger partial charge in [-0.3, -0.25) is 9.69 Å². The Morgan fingerprint density at radius 2 is 1.93 bits per heavy atom. The molecule has 2 heterocycles. The molecule has 2 aliphatic rings. The summed E-state index contributed by atoms with van der Waals surface area (Å²) in [5, 5.41) is 5.81. The molecule has 1 amide bonds. The van der Waals surface area contributed by atoms with Crippen LogP contribution in [0.1, 0.15) is 27.5 Å².